The highest BCUT2D eigenvalue weighted by Crippen LogP contribution is 2.22. The highest BCUT2D eigenvalue weighted by Gasteiger charge is 2.40. The van der Waals surface area contributed by atoms with Crippen LogP contribution in [0.25, 0.3) is 0 Å². The topological polar surface area (TPSA) is 102 Å². The minimum atomic E-state index is -0.916. The fourth-order valence-corrected chi connectivity index (χ4v) is 2.71. The van der Waals surface area contributed by atoms with Crippen LogP contribution in [0, 0.1) is 10.1 Å². The molecule has 0 bridgehead atoms. The Hall–Kier alpha value is -1.97. The third-order valence-corrected chi connectivity index (χ3v) is 3.76. The Kier molecular flexibility index (Phi) is 6.29. The molecule has 0 amide bonds. The van der Waals surface area contributed by atoms with E-state index >= 15 is 0 Å². The van der Waals surface area contributed by atoms with Crippen molar-refractivity contribution >= 4 is 17.6 Å². The van der Waals surface area contributed by atoms with Crippen LogP contribution in [-0.2, 0) is 16.0 Å². The van der Waals surface area contributed by atoms with Crippen LogP contribution < -0.4 is 5.32 Å². The summed E-state index contributed by atoms with van der Waals surface area (Å²) in [5, 5.41) is 16.8. The van der Waals surface area contributed by atoms with Crippen molar-refractivity contribution in [2.24, 2.45) is 5.10 Å². The summed E-state index contributed by atoms with van der Waals surface area (Å²) in [6.45, 7) is 5.38. The molecule has 0 atom stereocenters. The number of guanidine groups is 1. The van der Waals surface area contributed by atoms with Crippen LogP contribution in [0.4, 0.5) is 0 Å². The molecule has 1 saturated heterocycles. The van der Waals surface area contributed by atoms with Gasteiger partial charge in [0, 0.05) is 19.4 Å². The average molecular weight is 358 g/mol. The summed E-state index contributed by atoms with van der Waals surface area (Å²) in [4.78, 5) is 16.7. The van der Waals surface area contributed by atoms with Gasteiger partial charge in [-0.1, -0.05) is 11.6 Å². The zero-order valence-corrected chi connectivity index (χ0v) is 14.3. The molecule has 132 valence electrons. The lowest BCUT2D eigenvalue weighted by Crippen LogP contribution is -2.63. The van der Waals surface area contributed by atoms with Crippen LogP contribution in [0.5, 0.6) is 0 Å². The molecule has 24 heavy (non-hydrogen) atoms. The van der Waals surface area contributed by atoms with Crippen molar-refractivity contribution in [3.8, 4) is 0 Å². The Morgan fingerprint density at radius 1 is 1.50 bits per heavy atom. The van der Waals surface area contributed by atoms with Gasteiger partial charge >= 0.3 is 0 Å². The van der Waals surface area contributed by atoms with Gasteiger partial charge in [-0.25, -0.2) is 10.1 Å². The summed E-state index contributed by atoms with van der Waals surface area (Å²) in [7, 11) is 0. The molecule has 0 aliphatic carbocycles. The van der Waals surface area contributed by atoms with Gasteiger partial charge in [-0.15, -0.1) is 0 Å². The molecule has 1 aliphatic rings. The van der Waals surface area contributed by atoms with Gasteiger partial charge in [0.05, 0.1) is 30.4 Å². The molecule has 1 N–H and O–H groups in total. The van der Waals surface area contributed by atoms with Crippen molar-refractivity contribution in [3.05, 3.63) is 39.2 Å². The number of aromatic nitrogens is 1. The van der Waals surface area contributed by atoms with E-state index in [1.54, 1.807) is 23.2 Å². The van der Waals surface area contributed by atoms with E-state index in [1.165, 1.54) is 0 Å². The van der Waals surface area contributed by atoms with E-state index in [-0.39, 0.29) is 25.6 Å². The minimum Gasteiger partial charge on any atom is -0.347 e. The predicted octanol–water partition coefficient (Wildman–Crippen LogP) is 1.46. The van der Waals surface area contributed by atoms with E-state index in [9.17, 15) is 10.1 Å². The number of halogens is 1. The predicted molar refractivity (Wildman–Crippen MR) is 88.1 cm³/mol. The number of hydrazone groups is 1. The van der Waals surface area contributed by atoms with Gasteiger partial charge in [0.1, 0.15) is 5.10 Å². The van der Waals surface area contributed by atoms with Gasteiger partial charge in [0.15, 0.2) is 5.03 Å². The Balaban J connectivity index is 2.28. The molecule has 1 aromatic rings. The van der Waals surface area contributed by atoms with Crippen molar-refractivity contribution in [1.29, 1.82) is 0 Å². The molecule has 0 saturated carbocycles. The average Bonchev–Trinajstić information content (AvgIpc) is 2.52. The standard InChI is InChI=1S/C14H20ClN5O4/c1-3-23-14(24-4-2)9-17-13(18-20(21)22)19(10-14)8-12-11(15)6-5-7-16-12/h5-7H,3-4,8-10H2,1-2H3,(H,17,18). The monoisotopic (exact) mass is 357 g/mol. The second-order valence-corrected chi connectivity index (χ2v) is 5.49. The molecule has 0 spiro atoms. The normalized spacial score (nSPS) is 18.5. The highest BCUT2D eigenvalue weighted by atomic mass is 35.5. The largest absolute Gasteiger partial charge is 0.347 e. The smallest absolute Gasteiger partial charge is 0.272 e. The summed E-state index contributed by atoms with van der Waals surface area (Å²) < 4.78 is 11.5. The van der Waals surface area contributed by atoms with Crippen LogP contribution in [0.15, 0.2) is 23.4 Å². The minimum absolute atomic E-state index is 0.122. The van der Waals surface area contributed by atoms with Crippen LogP contribution in [-0.4, -0.2) is 53.0 Å². The third kappa shape index (κ3) is 4.53. The Morgan fingerprint density at radius 3 is 2.79 bits per heavy atom. The van der Waals surface area contributed by atoms with E-state index in [0.29, 0.717) is 23.9 Å². The summed E-state index contributed by atoms with van der Waals surface area (Å²) in [5.41, 5.74) is 0.584. The lowest BCUT2D eigenvalue weighted by atomic mass is 10.2. The van der Waals surface area contributed by atoms with Crippen molar-refractivity contribution in [3.63, 3.8) is 0 Å². The van der Waals surface area contributed by atoms with Crippen molar-refractivity contribution in [2.45, 2.75) is 26.2 Å². The van der Waals surface area contributed by atoms with Gasteiger partial charge < -0.3 is 19.7 Å². The summed E-state index contributed by atoms with van der Waals surface area (Å²) in [6, 6.07) is 3.43. The second kappa shape index (κ2) is 8.22. The van der Waals surface area contributed by atoms with Crippen molar-refractivity contribution in [1.82, 2.24) is 15.2 Å². The van der Waals surface area contributed by atoms with Crippen LogP contribution in [0.2, 0.25) is 5.02 Å². The maximum atomic E-state index is 10.8. The number of nitrogens with zero attached hydrogens (tertiary/aromatic N) is 4. The van der Waals surface area contributed by atoms with Gasteiger partial charge in [0.2, 0.25) is 5.79 Å². The summed E-state index contributed by atoms with van der Waals surface area (Å²) in [5.74, 6) is -0.794. The number of ether oxygens (including phenoxy) is 2. The first-order chi connectivity index (χ1) is 11.5. The first kappa shape index (κ1) is 18.4. The molecular weight excluding hydrogens is 338 g/mol. The number of hydrogen-bond donors (Lipinski definition) is 1. The molecule has 0 unspecified atom stereocenters. The maximum Gasteiger partial charge on any atom is 0.272 e. The number of rotatable bonds is 7. The first-order valence-corrected chi connectivity index (χ1v) is 7.96. The van der Waals surface area contributed by atoms with E-state index in [0.717, 1.165) is 0 Å². The van der Waals surface area contributed by atoms with Gasteiger partial charge in [0.25, 0.3) is 5.96 Å². The molecule has 1 aliphatic heterocycles. The van der Waals surface area contributed by atoms with Crippen LogP contribution >= 0.6 is 11.6 Å². The molecule has 1 aromatic heterocycles. The number of pyridine rings is 1. The van der Waals surface area contributed by atoms with Gasteiger partial charge in [-0.2, -0.15) is 0 Å². The molecule has 0 aromatic carbocycles. The highest BCUT2D eigenvalue weighted by molar-refractivity contribution is 6.31. The van der Waals surface area contributed by atoms with Crippen molar-refractivity contribution in [2.75, 3.05) is 26.3 Å². The van der Waals surface area contributed by atoms with E-state index in [1.807, 2.05) is 13.8 Å². The van der Waals surface area contributed by atoms with Gasteiger partial charge in [-0.05, 0) is 26.0 Å². The third-order valence-electron chi connectivity index (χ3n) is 3.41. The van der Waals surface area contributed by atoms with Crippen LogP contribution in [0.1, 0.15) is 19.5 Å². The molecule has 10 heteroatoms. The number of nitrogens with one attached hydrogen (secondary N) is 1. The fourth-order valence-electron chi connectivity index (χ4n) is 2.53. The van der Waals surface area contributed by atoms with E-state index in [4.69, 9.17) is 21.1 Å². The molecule has 0 radical (unpaired) electrons. The lowest BCUT2D eigenvalue weighted by Gasteiger charge is -2.42. The zero-order chi connectivity index (χ0) is 17.6. The first-order valence-electron chi connectivity index (χ1n) is 7.58. The maximum absolute atomic E-state index is 10.8. The Labute approximate surface area is 144 Å². The molecular formula is C14H20ClN5O4. The molecule has 1 fully saturated rings. The molecule has 2 heterocycles. The molecule has 9 nitrogen and oxygen atoms in total. The number of hydrogen-bond acceptors (Lipinski definition) is 5. The zero-order valence-electron chi connectivity index (χ0n) is 13.6. The SMILES string of the molecule is CCOC1(OCC)CN/C(=N\[N+](=O)[O-])N(Cc2ncccc2Cl)C1. The number of nitro groups is 1. The van der Waals surface area contributed by atoms with E-state index in [2.05, 4.69) is 15.4 Å². The van der Waals surface area contributed by atoms with Crippen molar-refractivity contribution < 1.29 is 14.5 Å². The summed E-state index contributed by atoms with van der Waals surface area (Å²) >= 11 is 6.14. The second-order valence-electron chi connectivity index (χ2n) is 5.08. The Morgan fingerprint density at radius 2 is 2.21 bits per heavy atom. The van der Waals surface area contributed by atoms with Crippen LogP contribution in [0.3, 0.4) is 0 Å². The quantitative estimate of drug-likeness (QED) is 0.447. The lowest BCUT2D eigenvalue weighted by molar-refractivity contribution is -0.486. The summed E-state index contributed by atoms with van der Waals surface area (Å²) in [6.07, 6.45) is 1.61. The van der Waals surface area contributed by atoms with Gasteiger partial charge in [-0.3, -0.25) is 4.98 Å². The fraction of sp³-hybridized carbons (Fsp3) is 0.571. The van der Waals surface area contributed by atoms with E-state index < -0.39 is 10.8 Å². The Bertz CT molecular complexity index is 607. The molecule has 2 rings (SSSR count).